The quantitative estimate of drug-likeness (QED) is 0.107. The summed E-state index contributed by atoms with van der Waals surface area (Å²) in [6.45, 7) is 0.791. The fourth-order valence-electron chi connectivity index (χ4n) is 16.1. The van der Waals surface area contributed by atoms with E-state index in [9.17, 15) is 0 Å². The molecule has 94 heavy (non-hydrogen) atoms. The second-order valence-corrected chi connectivity index (χ2v) is 28.2. The van der Waals surface area contributed by atoms with Gasteiger partial charge in [-0.1, -0.05) is 163 Å². The zero-order chi connectivity index (χ0) is 66.3. The number of benzene rings is 2. The number of nitrogens with two attached hydrogens (primary N) is 2. The number of amides is 10. The molecule has 12 N–H and O–H groups in total. The first-order valence-electron chi connectivity index (χ1n) is 36.2. The van der Waals surface area contributed by atoms with Crippen molar-refractivity contribution in [2.45, 2.75) is 266 Å². The maximum Gasteiger partial charge on any atom is 0.246 e. The summed E-state index contributed by atoms with van der Waals surface area (Å²) in [5.41, 5.74) is 13.7. The normalized spacial score (nSPS) is 29.2. The van der Waals surface area contributed by atoms with E-state index < -0.39 is 119 Å². The van der Waals surface area contributed by atoms with Crippen LogP contribution in [0.15, 0.2) is 60.7 Å². The van der Waals surface area contributed by atoms with Crippen LogP contribution in [-0.2, 0) is 60.8 Å². The Morgan fingerprint density at radius 1 is 0.330 bits per heavy atom. The van der Waals surface area contributed by atoms with Crippen molar-refractivity contribution in [1.82, 2.24) is 52.3 Å². The lowest BCUT2D eigenvalue weighted by Crippen LogP contribution is -2.62. The zero-order valence-corrected chi connectivity index (χ0v) is 55.4. The first-order chi connectivity index (χ1) is 45.7. The van der Waals surface area contributed by atoms with E-state index in [1.54, 1.807) is 0 Å². The Morgan fingerprint density at radius 2 is 0.649 bits per heavy atom. The lowest BCUT2D eigenvalue weighted by molar-refractivity contribution is -0.143. The topological polar surface area (TPSA) is 325 Å². The molecule has 4 aliphatic carbocycles. The van der Waals surface area contributed by atoms with Crippen LogP contribution in [0.5, 0.6) is 0 Å². The smallest absolute Gasteiger partial charge is 0.246 e. The summed E-state index contributed by atoms with van der Waals surface area (Å²) in [5, 5.41) is 24.4. The molecule has 22 nitrogen and oxygen atoms in total. The standard InChI is InChI=1S/C72H108N12O10/c73-39-19-35-53-63(85)77-55(43-47-23-7-1-8-24-47)65(87)79-57(45-49-27-11-3-12-28-49)71(93)83-41-21-37-59(83)67(89)82-62(52-33-17-6-18-34-52)70(92)76-54(36-20-40-74)64(86)78-56(44-48-25-9-2-10-26-48)66(88)80-58(46-50-29-13-4-14-30-50)72(94)84-42-22-38-60(84)68(90)81-61(69(91)75-53)51-31-15-5-16-32-51/h3-4,11-14,27-30,47-48,51-62H,1-2,5-10,15-26,31-46,73-74H2,(H,75,91)(H,76,92)(H,77,85)(H,78,86)(H,79,87)(H,80,88)(H,81,90)(H,82,89)/t53-,54-,55-,56-,57+,58+,59-,60-,61-,62-/m0/s1. The molecular formula is C72H108N12O10. The van der Waals surface area contributed by atoms with E-state index in [0.717, 1.165) is 114 Å². The van der Waals surface area contributed by atoms with Crippen LogP contribution in [0.1, 0.15) is 204 Å². The highest BCUT2D eigenvalue weighted by Gasteiger charge is 2.45. The van der Waals surface area contributed by atoms with Crippen LogP contribution < -0.4 is 54.0 Å². The van der Waals surface area contributed by atoms with Crippen molar-refractivity contribution in [3.8, 4) is 0 Å². The summed E-state index contributed by atoms with van der Waals surface area (Å²) < 4.78 is 0. The van der Waals surface area contributed by atoms with Crippen LogP contribution in [-0.4, -0.2) is 155 Å². The fourth-order valence-corrected chi connectivity index (χ4v) is 16.1. The monoisotopic (exact) mass is 1300 g/mol. The van der Waals surface area contributed by atoms with Crippen molar-refractivity contribution in [2.75, 3.05) is 26.2 Å². The molecule has 22 heteroatoms. The number of nitrogens with zero attached hydrogens (tertiary/aromatic N) is 2. The molecule has 9 rings (SSSR count). The maximum atomic E-state index is 15.4. The molecule has 7 aliphatic rings. The van der Waals surface area contributed by atoms with E-state index in [0.29, 0.717) is 51.4 Å². The predicted octanol–water partition coefficient (Wildman–Crippen LogP) is 4.93. The van der Waals surface area contributed by atoms with Gasteiger partial charge in [0.2, 0.25) is 59.1 Å². The third kappa shape index (κ3) is 20.1. The molecule has 4 saturated carbocycles. The average Bonchev–Trinajstić information content (AvgIpc) is 1.42. The molecule has 3 heterocycles. The Hall–Kier alpha value is -6.94. The highest BCUT2D eigenvalue weighted by Crippen LogP contribution is 2.33. The van der Waals surface area contributed by atoms with Crippen molar-refractivity contribution in [3.05, 3.63) is 71.8 Å². The molecule has 2 aromatic carbocycles. The van der Waals surface area contributed by atoms with Gasteiger partial charge < -0.3 is 63.8 Å². The zero-order valence-electron chi connectivity index (χ0n) is 55.4. The lowest BCUT2D eigenvalue weighted by Gasteiger charge is -2.35. The molecule has 10 amide bonds. The van der Waals surface area contributed by atoms with Gasteiger partial charge in [0, 0.05) is 25.9 Å². The minimum Gasteiger partial charge on any atom is -0.343 e. The molecule has 3 aliphatic heterocycles. The second kappa shape index (κ2) is 36.3. The number of hydrogen-bond acceptors (Lipinski definition) is 12. The molecule has 0 bridgehead atoms. The van der Waals surface area contributed by atoms with Crippen LogP contribution in [0.25, 0.3) is 0 Å². The highest BCUT2D eigenvalue weighted by molar-refractivity contribution is 6.00. The minimum atomic E-state index is -1.19. The third-order valence-corrected chi connectivity index (χ3v) is 21.4. The number of rotatable bonds is 16. The summed E-state index contributed by atoms with van der Waals surface area (Å²) in [6.07, 6.45) is 20.0. The molecule has 0 radical (unpaired) electrons. The Labute approximate surface area is 556 Å². The molecule has 516 valence electrons. The van der Waals surface area contributed by atoms with Gasteiger partial charge in [-0.15, -0.1) is 0 Å². The summed E-state index contributed by atoms with van der Waals surface area (Å²) in [7, 11) is 0. The van der Waals surface area contributed by atoms with Crippen molar-refractivity contribution in [1.29, 1.82) is 0 Å². The second-order valence-electron chi connectivity index (χ2n) is 28.2. The van der Waals surface area contributed by atoms with Gasteiger partial charge in [-0.25, -0.2) is 0 Å². The van der Waals surface area contributed by atoms with E-state index in [-0.39, 0.29) is 101 Å². The Balaban J connectivity index is 1.09. The Morgan fingerprint density at radius 3 is 1.00 bits per heavy atom. The van der Waals surface area contributed by atoms with E-state index >= 15 is 47.9 Å². The van der Waals surface area contributed by atoms with E-state index in [1.165, 1.54) is 9.80 Å². The Kier molecular flexibility index (Phi) is 27.5. The maximum absolute atomic E-state index is 15.4. The fraction of sp³-hybridized carbons (Fsp3) is 0.694. The van der Waals surface area contributed by atoms with Crippen molar-refractivity contribution >= 4 is 59.1 Å². The minimum absolute atomic E-state index is 0.0629. The van der Waals surface area contributed by atoms with Gasteiger partial charge >= 0.3 is 0 Å². The van der Waals surface area contributed by atoms with Gasteiger partial charge in [-0.2, -0.15) is 0 Å². The SMILES string of the molecule is NCCC[C@@H]1NC(=O)[C@H](C2CCCCC2)NC(=O)[C@@H]2CCCN2C(=O)[C@@H](Cc2ccccc2)NC(=O)[C@H](CC2CCCCC2)NC(=O)[C@H](CCCN)NC(=O)[C@H](C2CCCCC2)NC(=O)[C@@H]2CCCN2C(=O)[C@@H](Cc2ccccc2)NC(=O)[C@H](CC2CCCCC2)NC1=O. The number of hydrogen-bond donors (Lipinski definition) is 10. The number of nitrogens with one attached hydrogen (secondary N) is 8. The molecule has 0 aromatic heterocycles. The van der Waals surface area contributed by atoms with Gasteiger partial charge in [0.05, 0.1) is 0 Å². The molecular weight excluding hydrogens is 1190 g/mol. The van der Waals surface area contributed by atoms with Crippen molar-refractivity contribution in [2.24, 2.45) is 35.1 Å². The number of carbonyl (C=O) groups is 10. The van der Waals surface area contributed by atoms with Crippen LogP contribution in [0.3, 0.4) is 0 Å². The molecule has 7 fully saturated rings. The van der Waals surface area contributed by atoms with Gasteiger partial charge in [0.1, 0.15) is 60.4 Å². The van der Waals surface area contributed by atoms with E-state index in [1.807, 2.05) is 60.7 Å². The molecule has 0 spiro atoms. The Bertz CT molecular complexity index is 2650. The number of carbonyl (C=O) groups excluding carboxylic acids is 10. The average molecular weight is 1300 g/mol. The van der Waals surface area contributed by atoms with Gasteiger partial charge in [0.25, 0.3) is 0 Å². The lowest BCUT2D eigenvalue weighted by atomic mass is 9.83. The van der Waals surface area contributed by atoms with Crippen LogP contribution >= 0.6 is 0 Å². The van der Waals surface area contributed by atoms with Crippen LogP contribution in [0, 0.1) is 23.7 Å². The first-order valence-corrected chi connectivity index (χ1v) is 36.2. The molecule has 3 saturated heterocycles. The largest absolute Gasteiger partial charge is 0.343 e. The molecule has 0 unspecified atom stereocenters. The van der Waals surface area contributed by atoms with Gasteiger partial charge in [0.15, 0.2) is 0 Å². The molecule has 2 aromatic rings. The number of fused-ring (bicyclic) bond motifs is 2. The predicted molar refractivity (Wildman–Crippen MR) is 357 cm³/mol. The summed E-state index contributed by atoms with van der Waals surface area (Å²) in [5.74, 6) is -6.09. The highest BCUT2D eigenvalue weighted by atomic mass is 16.2. The van der Waals surface area contributed by atoms with Crippen molar-refractivity contribution in [3.63, 3.8) is 0 Å². The van der Waals surface area contributed by atoms with Gasteiger partial charge in [-0.3, -0.25) is 47.9 Å². The van der Waals surface area contributed by atoms with E-state index in [4.69, 9.17) is 11.5 Å². The van der Waals surface area contributed by atoms with E-state index in [2.05, 4.69) is 42.5 Å². The van der Waals surface area contributed by atoms with Crippen LogP contribution in [0.2, 0.25) is 0 Å². The summed E-state index contributed by atoms with van der Waals surface area (Å²) in [4.78, 5) is 155. The first kappa shape index (κ1) is 71.4. The summed E-state index contributed by atoms with van der Waals surface area (Å²) in [6, 6.07) is 7.27. The summed E-state index contributed by atoms with van der Waals surface area (Å²) >= 11 is 0. The van der Waals surface area contributed by atoms with Crippen LogP contribution in [0.4, 0.5) is 0 Å². The molecule has 10 atom stereocenters. The van der Waals surface area contributed by atoms with Gasteiger partial charge in [-0.05, 0) is 138 Å². The van der Waals surface area contributed by atoms with Crippen molar-refractivity contribution < 1.29 is 47.9 Å². The third-order valence-electron chi connectivity index (χ3n) is 21.4.